The van der Waals surface area contributed by atoms with Crippen molar-refractivity contribution in [2.24, 2.45) is 5.92 Å². The number of ether oxygens (including phenoxy) is 1. The number of carbonyl (C=O) groups is 2. The molecule has 1 unspecified atom stereocenters. The third kappa shape index (κ3) is 4.92. The lowest BCUT2D eigenvalue weighted by molar-refractivity contribution is -0.132. The highest BCUT2D eigenvalue weighted by Gasteiger charge is 2.28. The number of amides is 1. The molecule has 2 heterocycles. The van der Waals surface area contributed by atoms with E-state index in [4.69, 9.17) is 4.74 Å². The summed E-state index contributed by atoms with van der Waals surface area (Å²) in [5, 5.41) is 4.02. The average Bonchev–Trinajstić information content (AvgIpc) is 3.32. The first-order valence-electron chi connectivity index (χ1n) is 10.2. The highest BCUT2D eigenvalue weighted by atomic mass is 16.5. The molecule has 1 aromatic heterocycles. The van der Waals surface area contributed by atoms with E-state index in [9.17, 15) is 9.59 Å². The average molecular weight is 404 g/mol. The van der Waals surface area contributed by atoms with Crippen molar-refractivity contribution < 1.29 is 14.3 Å². The molecule has 30 heavy (non-hydrogen) atoms. The third-order valence-electron chi connectivity index (χ3n) is 5.28. The summed E-state index contributed by atoms with van der Waals surface area (Å²) >= 11 is 0. The Labute approximate surface area is 175 Å². The predicted octanol–water partition coefficient (Wildman–Crippen LogP) is 3.58. The van der Waals surface area contributed by atoms with Crippen molar-refractivity contribution in [1.29, 1.82) is 0 Å². The number of likely N-dealkylation sites (tertiary alicyclic amines) is 1. The molecule has 1 fully saturated rings. The minimum Gasteiger partial charge on any atom is -0.457 e. The zero-order chi connectivity index (χ0) is 20.8. The molecule has 3 aromatic rings. The summed E-state index contributed by atoms with van der Waals surface area (Å²) in [6.07, 6.45) is 5.04. The quantitative estimate of drug-likeness (QED) is 0.563. The van der Waals surface area contributed by atoms with E-state index >= 15 is 0 Å². The van der Waals surface area contributed by atoms with Crippen LogP contribution in [-0.4, -0.2) is 44.4 Å². The minimum atomic E-state index is -0.171. The van der Waals surface area contributed by atoms with Gasteiger partial charge in [0, 0.05) is 31.0 Å². The van der Waals surface area contributed by atoms with E-state index in [-0.39, 0.29) is 17.6 Å². The summed E-state index contributed by atoms with van der Waals surface area (Å²) in [6, 6.07) is 16.7. The van der Waals surface area contributed by atoms with E-state index in [2.05, 4.69) is 10.1 Å². The van der Waals surface area contributed by atoms with E-state index < -0.39 is 0 Å². The molecule has 1 saturated heterocycles. The largest absolute Gasteiger partial charge is 0.457 e. The fraction of sp³-hybridized carbons (Fsp3) is 0.304. The summed E-state index contributed by atoms with van der Waals surface area (Å²) in [4.78, 5) is 31.2. The molecule has 0 bridgehead atoms. The van der Waals surface area contributed by atoms with E-state index in [1.165, 1.54) is 6.33 Å². The molecule has 7 heteroatoms. The van der Waals surface area contributed by atoms with Crippen LogP contribution in [-0.2, 0) is 11.3 Å². The number of rotatable bonds is 7. The van der Waals surface area contributed by atoms with Crippen LogP contribution in [0.15, 0.2) is 67.3 Å². The van der Waals surface area contributed by atoms with Gasteiger partial charge in [-0.2, -0.15) is 5.10 Å². The maximum Gasteiger partial charge on any atom is 0.224 e. The van der Waals surface area contributed by atoms with Crippen molar-refractivity contribution in [3.63, 3.8) is 0 Å². The number of carbonyl (C=O) groups excluding carboxylic acids is 2. The number of benzene rings is 2. The van der Waals surface area contributed by atoms with Gasteiger partial charge >= 0.3 is 0 Å². The number of para-hydroxylation sites is 1. The molecule has 154 valence electrons. The molecule has 1 atom stereocenters. The lowest BCUT2D eigenvalue weighted by Gasteiger charge is -2.32. The smallest absolute Gasteiger partial charge is 0.224 e. The first-order chi connectivity index (χ1) is 14.7. The molecule has 4 rings (SSSR count). The van der Waals surface area contributed by atoms with E-state index in [1.54, 1.807) is 28.0 Å². The van der Waals surface area contributed by atoms with Crippen LogP contribution >= 0.6 is 0 Å². The Kier molecular flexibility index (Phi) is 6.17. The van der Waals surface area contributed by atoms with Gasteiger partial charge in [0.1, 0.15) is 24.2 Å². The number of hydrogen-bond acceptors (Lipinski definition) is 5. The van der Waals surface area contributed by atoms with Crippen molar-refractivity contribution in [2.45, 2.75) is 25.8 Å². The zero-order valence-corrected chi connectivity index (χ0v) is 16.7. The second-order valence-corrected chi connectivity index (χ2v) is 7.39. The van der Waals surface area contributed by atoms with Gasteiger partial charge in [-0.3, -0.25) is 14.3 Å². The van der Waals surface area contributed by atoms with E-state index in [1.807, 2.05) is 42.5 Å². The Morgan fingerprint density at radius 1 is 1.03 bits per heavy atom. The molecule has 0 N–H and O–H groups in total. The topological polar surface area (TPSA) is 77.3 Å². The van der Waals surface area contributed by atoms with Crippen LogP contribution in [0.5, 0.6) is 11.5 Å². The maximum absolute atomic E-state index is 13.0. The van der Waals surface area contributed by atoms with Crippen LogP contribution < -0.4 is 4.74 Å². The molecule has 7 nitrogen and oxygen atoms in total. The van der Waals surface area contributed by atoms with Crippen molar-refractivity contribution >= 4 is 11.7 Å². The van der Waals surface area contributed by atoms with Crippen LogP contribution in [0.4, 0.5) is 0 Å². The second-order valence-electron chi connectivity index (χ2n) is 7.39. The molecule has 1 amide bonds. The van der Waals surface area contributed by atoms with Crippen LogP contribution in [0, 0.1) is 5.92 Å². The molecular formula is C23H24N4O3. The first-order valence-corrected chi connectivity index (χ1v) is 10.2. The third-order valence-corrected chi connectivity index (χ3v) is 5.28. The van der Waals surface area contributed by atoms with Crippen LogP contribution in [0.1, 0.15) is 29.6 Å². The number of aryl methyl sites for hydroxylation is 1. The van der Waals surface area contributed by atoms with Crippen molar-refractivity contribution in [1.82, 2.24) is 19.7 Å². The summed E-state index contributed by atoms with van der Waals surface area (Å²) < 4.78 is 7.43. The van der Waals surface area contributed by atoms with Crippen molar-refractivity contribution in [2.75, 3.05) is 13.1 Å². The van der Waals surface area contributed by atoms with Gasteiger partial charge in [-0.15, -0.1) is 0 Å². The van der Waals surface area contributed by atoms with Crippen molar-refractivity contribution in [3.8, 4) is 11.5 Å². The number of nitrogens with zero attached hydrogens (tertiary/aromatic N) is 4. The Bertz CT molecular complexity index is 971. The van der Waals surface area contributed by atoms with Gasteiger partial charge in [-0.1, -0.05) is 18.2 Å². The molecule has 1 aliphatic heterocycles. The van der Waals surface area contributed by atoms with Gasteiger partial charge in [-0.05, 0) is 49.2 Å². The summed E-state index contributed by atoms with van der Waals surface area (Å²) in [6.45, 7) is 1.66. The standard InChI is InChI=1S/C23H24N4O3/c28-22(12-14-27-17-24-16-25-27)26-13-4-5-19(15-26)23(29)18-8-10-21(11-9-18)30-20-6-2-1-3-7-20/h1-3,6-11,16-17,19H,4-5,12-15H2. The monoisotopic (exact) mass is 404 g/mol. The zero-order valence-electron chi connectivity index (χ0n) is 16.7. The minimum absolute atomic E-state index is 0.0506. The molecule has 0 spiro atoms. The molecule has 0 saturated carbocycles. The Balaban J connectivity index is 1.33. The summed E-state index contributed by atoms with van der Waals surface area (Å²) in [7, 11) is 0. The Hall–Kier alpha value is -3.48. The highest BCUT2D eigenvalue weighted by Crippen LogP contribution is 2.25. The molecule has 2 aromatic carbocycles. The number of Topliss-reactive ketones (excluding diaryl/α,β-unsaturated/α-hetero) is 1. The number of ketones is 1. The van der Waals surface area contributed by atoms with Gasteiger partial charge in [0.05, 0.1) is 6.54 Å². The first kappa shape index (κ1) is 19.8. The SMILES string of the molecule is O=C(c1ccc(Oc2ccccc2)cc1)C1CCCN(C(=O)CCn2cncn2)C1. The van der Waals surface area contributed by atoms with E-state index in [0.29, 0.717) is 37.4 Å². The van der Waals surface area contributed by atoms with Gasteiger partial charge < -0.3 is 9.64 Å². The second kappa shape index (κ2) is 9.35. The van der Waals surface area contributed by atoms with Gasteiger partial charge in [0.2, 0.25) is 5.91 Å². The molecule has 0 radical (unpaired) electrons. The molecule has 0 aliphatic carbocycles. The fourth-order valence-corrected chi connectivity index (χ4v) is 3.68. The lowest BCUT2D eigenvalue weighted by Crippen LogP contribution is -2.42. The maximum atomic E-state index is 13.0. The normalized spacial score (nSPS) is 16.3. The Morgan fingerprint density at radius 2 is 1.80 bits per heavy atom. The fourth-order valence-electron chi connectivity index (χ4n) is 3.68. The number of piperidine rings is 1. The summed E-state index contributed by atoms with van der Waals surface area (Å²) in [5.74, 6) is 1.40. The van der Waals surface area contributed by atoms with E-state index in [0.717, 1.165) is 18.6 Å². The summed E-state index contributed by atoms with van der Waals surface area (Å²) in [5.41, 5.74) is 0.650. The van der Waals surface area contributed by atoms with Gasteiger partial charge in [0.25, 0.3) is 0 Å². The van der Waals surface area contributed by atoms with Gasteiger partial charge in [-0.25, -0.2) is 4.98 Å². The van der Waals surface area contributed by atoms with Gasteiger partial charge in [0.15, 0.2) is 5.78 Å². The van der Waals surface area contributed by atoms with Crippen LogP contribution in [0.3, 0.4) is 0 Å². The number of aromatic nitrogens is 3. The van der Waals surface area contributed by atoms with Crippen molar-refractivity contribution in [3.05, 3.63) is 72.8 Å². The van der Waals surface area contributed by atoms with Crippen LogP contribution in [0.2, 0.25) is 0 Å². The predicted molar refractivity (Wildman–Crippen MR) is 111 cm³/mol. The van der Waals surface area contributed by atoms with Crippen LogP contribution in [0.25, 0.3) is 0 Å². The number of hydrogen-bond donors (Lipinski definition) is 0. The lowest BCUT2D eigenvalue weighted by atomic mass is 9.90. The molecular weight excluding hydrogens is 380 g/mol. The molecule has 1 aliphatic rings. The highest BCUT2D eigenvalue weighted by molar-refractivity contribution is 5.98. The Morgan fingerprint density at radius 3 is 2.53 bits per heavy atom.